The van der Waals surface area contributed by atoms with Crippen LogP contribution in [0.25, 0.3) is 0 Å². The molecule has 1 aromatic rings. The molecule has 1 aliphatic rings. The molecule has 0 radical (unpaired) electrons. The van der Waals surface area contributed by atoms with E-state index < -0.39 is 0 Å². The molecule has 0 saturated heterocycles. The molecule has 0 amide bonds. The first-order chi connectivity index (χ1) is 10.1. The molecule has 0 aliphatic heterocycles. The summed E-state index contributed by atoms with van der Waals surface area (Å²) < 4.78 is 6.26. The van der Waals surface area contributed by atoms with Crippen LogP contribution in [0.2, 0.25) is 0 Å². The van der Waals surface area contributed by atoms with E-state index in [2.05, 4.69) is 57.3 Å². The molecule has 2 nitrogen and oxygen atoms in total. The van der Waals surface area contributed by atoms with Gasteiger partial charge in [-0.05, 0) is 55.7 Å². The summed E-state index contributed by atoms with van der Waals surface area (Å²) >= 11 is 0. The normalized spacial score (nSPS) is 27.5. The maximum absolute atomic E-state index is 6.26. The maximum atomic E-state index is 6.26. The predicted octanol–water partition coefficient (Wildman–Crippen LogP) is 4.49. The summed E-state index contributed by atoms with van der Waals surface area (Å²) in [6, 6.07) is 8.94. The zero-order valence-electron chi connectivity index (χ0n) is 14.1. The Morgan fingerprint density at radius 3 is 2.62 bits per heavy atom. The van der Waals surface area contributed by atoms with Crippen LogP contribution in [0.1, 0.15) is 57.2 Å². The van der Waals surface area contributed by atoms with Gasteiger partial charge in [-0.15, -0.1) is 0 Å². The van der Waals surface area contributed by atoms with Crippen molar-refractivity contribution in [3.8, 4) is 0 Å². The number of nitrogens with one attached hydrogen (secondary N) is 1. The Morgan fingerprint density at radius 1 is 1.19 bits per heavy atom. The summed E-state index contributed by atoms with van der Waals surface area (Å²) in [5.41, 5.74) is 2.72. The van der Waals surface area contributed by atoms with Crippen LogP contribution in [0.4, 0.5) is 0 Å². The van der Waals surface area contributed by atoms with Crippen molar-refractivity contribution in [2.24, 2.45) is 11.8 Å². The second kappa shape index (κ2) is 7.95. The van der Waals surface area contributed by atoms with Gasteiger partial charge >= 0.3 is 0 Å². The van der Waals surface area contributed by atoms with Crippen molar-refractivity contribution >= 4 is 0 Å². The number of ether oxygens (including phenoxy) is 1. The average molecular weight is 289 g/mol. The van der Waals surface area contributed by atoms with E-state index in [0.29, 0.717) is 12.1 Å². The van der Waals surface area contributed by atoms with Gasteiger partial charge in [0.25, 0.3) is 0 Å². The number of hydrogen-bond acceptors (Lipinski definition) is 2. The Kier molecular flexibility index (Phi) is 6.25. The quantitative estimate of drug-likeness (QED) is 0.833. The number of benzene rings is 1. The molecule has 1 fully saturated rings. The van der Waals surface area contributed by atoms with Crippen molar-refractivity contribution in [1.82, 2.24) is 5.32 Å². The molecule has 0 heterocycles. The third-order valence-electron chi connectivity index (χ3n) is 5.06. The summed E-state index contributed by atoms with van der Waals surface area (Å²) in [7, 11) is 0. The van der Waals surface area contributed by atoms with Crippen molar-refractivity contribution < 1.29 is 4.74 Å². The summed E-state index contributed by atoms with van der Waals surface area (Å²) in [6.07, 6.45) is 4.19. The fourth-order valence-corrected chi connectivity index (χ4v) is 3.36. The van der Waals surface area contributed by atoms with E-state index in [4.69, 9.17) is 4.74 Å². The second-order valence-electron chi connectivity index (χ2n) is 6.69. The lowest BCUT2D eigenvalue weighted by Gasteiger charge is -2.33. The summed E-state index contributed by atoms with van der Waals surface area (Å²) in [4.78, 5) is 0. The Bertz CT molecular complexity index is 431. The van der Waals surface area contributed by atoms with Gasteiger partial charge in [-0.2, -0.15) is 0 Å². The highest BCUT2D eigenvalue weighted by Gasteiger charge is 2.26. The molecule has 21 heavy (non-hydrogen) atoms. The van der Waals surface area contributed by atoms with Gasteiger partial charge in [0, 0.05) is 0 Å². The molecule has 1 N–H and O–H groups in total. The van der Waals surface area contributed by atoms with Crippen LogP contribution in [0, 0.1) is 18.8 Å². The van der Waals surface area contributed by atoms with Crippen LogP contribution < -0.4 is 5.32 Å². The molecule has 1 aromatic carbocycles. The van der Waals surface area contributed by atoms with Crippen LogP contribution in [0.15, 0.2) is 24.3 Å². The molecule has 118 valence electrons. The minimum atomic E-state index is 0.311. The highest BCUT2D eigenvalue weighted by molar-refractivity contribution is 5.28. The van der Waals surface area contributed by atoms with Gasteiger partial charge in [0.05, 0.1) is 18.8 Å². The topological polar surface area (TPSA) is 21.3 Å². The van der Waals surface area contributed by atoms with E-state index in [1.54, 1.807) is 0 Å². The fraction of sp³-hybridized carbons (Fsp3) is 0.684. The van der Waals surface area contributed by atoms with Gasteiger partial charge in [0.15, 0.2) is 0 Å². The van der Waals surface area contributed by atoms with E-state index in [1.165, 1.54) is 30.4 Å². The fourth-order valence-electron chi connectivity index (χ4n) is 3.36. The molecule has 2 rings (SSSR count). The first-order valence-corrected chi connectivity index (χ1v) is 8.52. The SMILES string of the molecule is CCNC(COC1CCC(C)C(C)C1)c1ccccc1C. The molecule has 1 aliphatic carbocycles. The first kappa shape index (κ1) is 16.5. The maximum Gasteiger partial charge on any atom is 0.0665 e. The van der Waals surface area contributed by atoms with Crippen molar-refractivity contribution in [3.05, 3.63) is 35.4 Å². The number of hydrogen-bond donors (Lipinski definition) is 1. The molecule has 4 unspecified atom stereocenters. The van der Waals surface area contributed by atoms with Gasteiger partial charge in [0.2, 0.25) is 0 Å². The summed E-state index contributed by atoms with van der Waals surface area (Å²) in [5.74, 6) is 1.64. The van der Waals surface area contributed by atoms with Crippen LogP contribution in [0.5, 0.6) is 0 Å². The lowest BCUT2D eigenvalue weighted by Crippen LogP contribution is -2.31. The van der Waals surface area contributed by atoms with E-state index in [1.807, 2.05) is 0 Å². The zero-order chi connectivity index (χ0) is 15.2. The van der Waals surface area contributed by atoms with Crippen molar-refractivity contribution in [2.45, 2.75) is 59.1 Å². The Labute approximate surface area is 130 Å². The van der Waals surface area contributed by atoms with E-state index in [-0.39, 0.29) is 0 Å². The molecule has 4 atom stereocenters. The van der Waals surface area contributed by atoms with Gasteiger partial charge in [-0.1, -0.05) is 45.0 Å². The van der Waals surface area contributed by atoms with E-state index in [0.717, 1.165) is 25.0 Å². The molecular weight excluding hydrogens is 258 g/mol. The Hall–Kier alpha value is -0.860. The highest BCUT2D eigenvalue weighted by Crippen LogP contribution is 2.31. The van der Waals surface area contributed by atoms with Crippen molar-refractivity contribution in [3.63, 3.8) is 0 Å². The van der Waals surface area contributed by atoms with Gasteiger partial charge in [-0.25, -0.2) is 0 Å². The molecule has 0 spiro atoms. The lowest BCUT2D eigenvalue weighted by molar-refractivity contribution is -0.00751. The second-order valence-corrected chi connectivity index (χ2v) is 6.69. The van der Waals surface area contributed by atoms with E-state index >= 15 is 0 Å². The molecule has 1 saturated carbocycles. The predicted molar refractivity (Wildman–Crippen MR) is 89.5 cm³/mol. The average Bonchev–Trinajstić information content (AvgIpc) is 2.48. The van der Waals surface area contributed by atoms with Gasteiger partial charge in [-0.3, -0.25) is 0 Å². The molecule has 0 bridgehead atoms. The lowest BCUT2D eigenvalue weighted by atomic mass is 9.80. The molecule has 0 aromatic heterocycles. The molecule has 2 heteroatoms. The highest BCUT2D eigenvalue weighted by atomic mass is 16.5. The summed E-state index contributed by atoms with van der Waals surface area (Å²) in [5, 5.41) is 3.57. The third kappa shape index (κ3) is 4.55. The minimum Gasteiger partial charge on any atom is -0.376 e. The number of rotatable bonds is 6. The zero-order valence-corrected chi connectivity index (χ0v) is 14.1. The van der Waals surface area contributed by atoms with Gasteiger partial charge < -0.3 is 10.1 Å². The Balaban J connectivity index is 1.93. The van der Waals surface area contributed by atoms with Crippen LogP contribution >= 0.6 is 0 Å². The standard InChI is InChI=1S/C19H31NO/c1-5-20-19(18-9-7-6-8-15(18)3)13-21-17-11-10-14(2)16(4)12-17/h6-9,14,16-17,19-20H,5,10-13H2,1-4H3. The van der Waals surface area contributed by atoms with Crippen LogP contribution in [0.3, 0.4) is 0 Å². The summed E-state index contributed by atoms with van der Waals surface area (Å²) in [6.45, 7) is 10.8. The van der Waals surface area contributed by atoms with Crippen molar-refractivity contribution in [1.29, 1.82) is 0 Å². The van der Waals surface area contributed by atoms with Crippen LogP contribution in [-0.4, -0.2) is 19.3 Å². The van der Waals surface area contributed by atoms with Gasteiger partial charge in [0.1, 0.15) is 0 Å². The monoisotopic (exact) mass is 289 g/mol. The van der Waals surface area contributed by atoms with E-state index in [9.17, 15) is 0 Å². The molecular formula is C19H31NO. The van der Waals surface area contributed by atoms with Crippen LogP contribution in [-0.2, 0) is 4.74 Å². The first-order valence-electron chi connectivity index (χ1n) is 8.52. The Morgan fingerprint density at radius 2 is 1.95 bits per heavy atom. The third-order valence-corrected chi connectivity index (χ3v) is 5.06. The largest absolute Gasteiger partial charge is 0.376 e. The number of likely N-dealkylation sites (N-methyl/N-ethyl adjacent to an activating group) is 1. The smallest absolute Gasteiger partial charge is 0.0665 e. The number of aryl methyl sites for hydroxylation is 1. The van der Waals surface area contributed by atoms with Crippen molar-refractivity contribution in [2.75, 3.05) is 13.2 Å². The minimum absolute atomic E-state index is 0.311.